The molecule has 0 bridgehead atoms. The molecule has 2 nitrogen and oxygen atoms in total. The van der Waals surface area contributed by atoms with Crippen LogP contribution >= 0.6 is 0 Å². The Kier molecular flexibility index (Phi) is 2.12. The molecule has 2 heteroatoms. The second kappa shape index (κ2) is 3.29. The van der Waals surface area contributed by atoms with Gasteiger partial charge in [-0.25, -0.2) is 0 Å². The van der Waals surface area contributed by atoms with Crippen molar-refractivity contribution in [1.29, 1.82) is 0 Å². The number of hydrogen-bond donors (Lipinski definition) is 1. The zero-order valence-corrected chi connectivity index (χ0v) is 8.42. The lowest BCUT2D eigenvalue weighted by molar-refractivity contribution is 1.05. The van der Waals surface area contributed by atoms with Gasteiger partial charge in [0.1, 0.15) is 0 Å². The third-order valence-electron chi connectivity index (χ3n) is 2.50. The van der Waals surface area contributed by atoms with Gasteiger partial charge in [-0.2, -0.15) is 0 Å². The van der Waals surface area contributed by atoms with Crippen LogP contribution < -0.4 is 5.43 Å². The fraction of sp³-hybridized carbons (Fsp3) is 0.250. The molecule has 2 aromatic rings. The number of aryl methyl sites for hydroxylation is 2. The third-order valence-corrected chi connectivity index (χ3v) is 2.50. The first kappa shape index (κ1) is 9.00. The van der Waals surface area contributed by atoms with E-state index in [4.69, 9.17) is 0 Å². The lowest BCUT2D eigenvalue weighted by Crippen LogP contribution is -2.05. The standard InChI is InChI=1S/C12H13NO/c1-3-9-7-11(14)12-8(2)5-4-6-10(12)13-9/h4-7H,3H2,1-2H3,(H,13,14). The van der Waals surface area contributed by atoms with Crippen molar-refractivity contribution in [2.75, 3.05) is 0 Å². The van der Waals surface area contributed by atoms with Crippen molar-refractivity contribution in [2.24, 2.45) is 0 Å². The predicted molar refractivity (Wildman–Crippen MR) is 58.7 cm³/mol. The Bertz CT molecular complexity index is 525. The van der Waals surface area contributed by atoms with E-state index in [1.165, 1.54) is 0 Å². The summed E-state index contributed by atoms with van der Waals surface area (Å²) in [5.41, 5.74) is 3.09. The first-order valence-electron chi connectivity index (χ1n) is 4.84. The third kappa shape index (κ3) is 1.33. The van der Waals surface area contributed by atoms with Crippen LogP contribution in [0.4, 0.5) is 0 Å². The lowest BCUT2D eigenvalue weighted by Gasteiger charge is -2.03. The number of fused-ring (bicyclic) bond motifs is 1. The summed E-state index contributed by atoms with van der Waals surface area (Å²) in [6, 6.07) is 7.56. The molecule has 0 saturated carbocycles. The number of hydrogen-bond acceptors (Lipinski definition) is 1. The van der Waals surface area contributed by atoms with Crippen molar-refractivity contribution in [3.63, 3.8) is 0 Å². The van der Waals surface area contributed by atoms with Gasteiger partial charge in [-0.1, -0.05) is 19.1 Å². The summed E-state index contributed by atoms with van der Waals surface area (Å²) >= 11 is 0. The van der Waals surface area contributed by atoms with Crippen molar-refractivity contribution in [3.05, 3.63) is 45.7 Å². The zero-order valence-electron chi connectivity index (χ0n) is 8.42. The molecule has 0 fully saturated rings. The molecule has 0 aliphatic heterocycles. The molecule has 0 aliphatic carbocycles. The molecule has 0 amide bonds. The lowest BCUT2D eigenvalue weighted by atomic mass is 10.1. The Morgan fingerprint density at radius 2 is 2.14 bits per heavy atom. The second-order valence-corrected chi connectivity index (χ2v) is 3.51. The van der Waals surface area contributed by atoms with E-state index >= 15 is 0 Å². The summed E-state index contributed by atoms with van der Waals surface area (Å²) < 4.78 is 0. The minimum atomic E-state index is 0.119. The molecule has 0 saturated heterocycles. The molecule has 1 aromatic carbocycles. The van der Waals surface area contributed by atoms with E-state index in [1.54, 1.807) is 6.07 Å². The van der Waals surface area contributed by atoms with E-state index in [0.717, 1.165) is 28.6 Å². The van der Waals surface area contributed by atoms with Gasteiger partial charge in [0.2, 0.25) is 0 Å². The second-order valence-electron chi connectivity index (χ2n) is 3.51. The number of H-pyrrole nitrogens is 1. The van der Waals surface area contributed by atoms with Crippen LogP contribution in [0.2, 0.25) is 0 Å². The average Bonchev–Trinajstić information content (AvgIpc) is 2.17. The summed E-state index contributed by atoms with van der Waals surface area (Å²) in [6.45, 7) is 4.00. The average molecular weight is 187 g/mol. The highest BCUT2D eigenvalue weighted by Crippen LogP contribution is 2.12. The molecule has 14 heavy (non-hydrogen) atoms. The Morgan fingerprint density at radius 1 is 1.36 bits per heavy atom. The van der Waals surface area contributed by atoms with Crippen molar-refractivity contribution >= 4 is 10.9 Å². The predicted octanol–water partition coefficient (Wildman–Crippen LogP) is 2.40. The van der Waals surface area contributed by atoms with Gasteiger partial charge in [0.05, 0.1) is 0 Å². The summed E-state index contributed by atoms with van der Waals surface area (Å²) in [4.78, 5) is 15.0. The van der Waals surface area contributed by atoms with Gasteiger partial charge in [-0.05, 0) is 25.0 Å². The van der Waals surface area contributed by atoms with Crippen LogP contribution in [0.5, 0.6) is 0 Å². The maximum absolute atomic E-state index is 11.8. The molecule has 0 unspecified atom stereocenters. The molecule has 0 radical (unpaired) electrons. The summed E-state index contributed by atoms with van der Waals surface area (Å²) in [7, 11) is 0. The van der Waals surface area contributed by atoms with E-state index in [-0.39, 0.29) is 5.43 Å². The number of nitrogens with one attached hydrogen (secondary N) is 1. The number of pyridine rings is 1. The first-order chi connectivity index (χ1) is 6.72. The highest BCUT2D eigenvalue weighted by Gasteiger charge is 2.02. The maximum Gasteiger partial charge on any atom is 0.189 e. The van der Waals surface area contributed by atoms with Gasteiger partial charge in [-0.3, -0.25) is 4.79 Å². The normalized spacial score (nSPS) is 10.7. The van der Waals surface area contributed by atoms with E-state index in [9.17, 15) is 4.79 Å². The van der Waals surface area contributed by atoms with Gasteiger partial charge >= 0.3 is 0 Å². The molecule has 1 aromatic heterocycles. The molecule has 1 N–H and O–H groups in total. The fourth-order valence-electron chi connectivity index (χ4n) is 1.73. The number of rotatable bonds is 1. The Balaban J connectivity index is 2.90. The Hall–Kier alpha value is -1.57. The number of aromatic nitrogens is 1. The van der Waals surface area contributed by atoms with E-state index < -0.39 is 0 Å². The van der Waals surface area contributed by atoms with Crippen LogP contribution in [0.15, 0.2) is 29.1 Å². The molecule has 0 atom stereocenters. The van der Waals surface area contributed by atoms with Crippen LogP contribution in [0.25, 0.3) is 10.9 Å². The topological polar surface area (TPSA) is 32.9 Å². The molecule has 72 valence electrons. The van der Waals surface area contributed by atoms with Gasteiger partial charge in [0.25, 0.3) is 0 Å². The first-order valence-corrected chi connectivity index (χ1v) is 4.84. The minimum absolute atomic E-state index is 0.119. The molecular formula is C12H13NO. The molecular weight excluding hydrogens is 174 g/mol. The highest BCUT2D eigenvalue weighted by molar-refractivity contribution is 5.81. The monoisotopic (exact) mass is 187 g/mol. The maximum atomic E-state index is 11.8. The van der Waals surface area contributed by atoms with E-state index in [0.29, 0.717) is 0 Å². The van der Waals surface area contributed by atoms with Gasteiger partial charge in [0.15, 0.2) is 5.43 Å². The number of benzene rings is 1. The molecule has 1 heterocycles. The highest BCUT2D eigenvalue weighted by atomic mass is 16.1. The van der Waals surface area contributed by atoms with Gasteiger partial charge < -0.3 is 4.98 Å². The van der Waals surface area contributed by atoms with Crippen LogP contribution in [0, 0.1) is 6.92 Å². The quantitative estimate of drug-likeness (QED) is 0.730. The van der Waals surface area contributed by atoms with Crippen molar-refractivity contribution < 1.29 is 0 Å². The Morgan fingerprint density at radius 3 is 2.86 bits per heavy atom. The van der Waals surface area contributed by atoms with E-state index in [2.05, 4.69) is 4.98 Å². The van der Waals surface area contributed by atoms with Crippen LogP contribution in [-0.4, -0.2) is 4.98 Å². The number of aromatic amines is 1. The summed E-state index contributed by atoms with van der Waals surface area (Å²) in [6.07, 6.45) is 0.860. The summed E-state index contributed by atoms with van der Waals surface area (Å²) in [5, 5.41) is 0.810. The fourth-order valence-corrected chi connectivity index (χ4v) is 1.73. The summed E-state index contributed by atoms with van der Waals surface area (Å²) in [5.74, 6) is 0. The van der Waals surface area contributed by atoms with Crippen LogP contribution in [0.3, 0.4) is 0 Å². The molecule has 0 aliphatic rings. The zero-order chi connectivity index (χ0) is 10.1. The molecule has 0 spiro atoms. The van der Waals surface area contributed by atoms with Crippen molar-refractivity contribution in [3.8, 4) is 0 Å². The van der Waals surface area contributed by atoms with Crippen LogP contribution in [-0.2, 0) is 6.42 Å². The largest absolute Gasteiger partial charge is 0.358 e. The Labute approximate surface area is 82.6 Å². The van der Waals surface area contributed by atoms with E-state index in [1.807, 2.05) is 32.0 Å². The minimum Gasteiger partial charge on any atom is -0.358 e. The smallest absolute Gasteiger partial charge is 0.189 e. The van der Waals surface area contributed by atoms with Crippen molar-refractivity contribution in [1.82, 2.24) is 4.98 Å². The molecule has 2 rings (SSSR count). The van der Waals surface area contributed by atoms with Crippen molar-refractivity contribution in [2.45, 2.75) is 20.3 Å². The van der Waals surface area contributed by atoms with Crippen LogP contribution in [0.1, 0.15) is 18.2 Å². The van der Waals surface area contributed by atoms with Gasteiger partial charge in [-0.15, -0.1) is 0 Å². The van der Waals surface area contributed by atoms with Gasteiger partial charge in [0, 0.05) is 22.7 Å². The SMILES string of the molecule is CCc1cc(=O)c2c(C)cccc2[nH]1.